The summed E-state index contributed by atoms with van der Waals surface area (Å²) in [5, 5.41) is 0.816. The molecule has 0 radical (unpaired) electrons. The molecule has 0 bridgehead atoms. The SMILES string of the molecule is CCN(C1CCN(C(c2ccccc2)C2CC2C)C1)S(=O)(=O)Cc1ccc(Cl)c(Cl)c1. The first-order chi connectivity index (χ1) is 14.8. The third kappa shape index (κ3) is 5.12. The Morgan fingerprint density at radius 2 is 1.84 bits per heavy atom. The number of rotatable bonds is 8. The van der Waals surface area contributed by atoms with Crippen molar-refractivity contribution >= 4 is 33.2 Å². The van der Waals surface area contributed by atoms with E-state index in [1.54, 1.807) is 22.5 Å². The lowest BCUT2D eigenvalue weighted by Crippen LogP contribution is -2.43. The zero-order chi connectivity index (χ0) is 22.2. The third-order valence-corrected chi connectivity index (χ3v) is 9.42. The van der Waals surface area contributed by atoms with Crippen molar-refractivity contribution in [1.29, 1.82) is 0 Å². The molecule has 168 valence electrons. The fourth-order valence-electron chi connectivity index (χ4n) is 5.03. The minimum Gasteiger partial charge on any atom is -0.294 e. The van der Waals surface area contributed by atoms with Crippen LogP contribution in [0, 0.1) is 11.8 Å². The molecule has 2 fully saturated rings. The topological polar surface area (TPSA) is 40.6 Å². The van der Waals surface area contributed by atoms with Crippen molar-refractivity contribution in [3.05, 3.63) is 69.7 Å². The summed E-state index contributed by atoms with van der Waals surface area (Å²) in [5.41, 5.74) is 2.01. The van der Waals surface area contributed by atoms with Crippen molar-refractivity contribution in [1.82, 2.24) is 9.21 Å². The molecule has 7 heteroatoms. The van der Waals surface area contributed by atoms with Crippen LogP contribution < -0.4 is 0 Å². The second-order valence-corrected chi connectivity index (χ2v) is 11.6. The highest BCUT2D eigenvalue weighted by Crippen LogP contribution is 2.50. The van der Waals surface area contributed by atoms with Crippen LogP contribution in [0.25, 0.3) is 0 Å². The van der Waals surface area contributed by atoms with Gasteiger partial charge < -0.3 is 0 Å². The molecule has 4 rings (SSSR count). The van der Waals surface area contributed by atoms with Gasteiger partial charge in [-0.1, -0.05) is 73.4 Å². The van der Waals surface area contributed by atoms with Crippen molar-refractivity contribution in [3.8, 4) is 0 Å². The monoisotopic (exact) mass is 480 g/mol. The smallest absolute Gasteiger partial charge is 0.218 e. The molecule has 31 heavy (non-hydrogen) atoms. The highest BCUT2D eigenvalue weighted by molar-refractivity contribution is 7.88. The van der Waals surface area contributed by atoms with E-state index >= 15 is 0 Å². The van der Waals surface area contributed by atoms with E-state index in [0.29, 0.717) is 34.1 Å². The summed E-state index contributed by atoms with van der Waals surface area (Å²) >= 11 is 12.1. The predicted octanol–water partition coefficient (Wildman–Crippen LogP) is 5.62. The van der Waals surface area contributed by atoms with Gasteiger partial charge in [0.25, 0.3) is 0 Å². The van der Waals surface area contributed by atoms with E-state index in [-0.39, 0.29) is 11.8 Å². The lowest BCUT2D eigenvalue weighted by Gasteiger charge is -2.31. The summed E-state index contributed by atoms with van der Waals surface area (Å²) in [6.07, 6.45) is 2.10. The average Bonchev–Trinajstić information content (AvgIpc) is 3.25. The van der Waals surface area contributed by atoms with Crippen LogP contribution in [0.4, 0.5) is 0 Å². The van der Waals surface area contributed by atoms with Crippen molar-refractivity contribution in [2.75, 3.05) is 19.6 Å². The maximum Gasteiger partial charge on any atom is 0.218 e. The molecule has 2 aromatic rings. The molecule has 1 aliphatic carbocycles. The van der Waals surface area contributed by atoms with Gasteiger partial charge in [0, 0.05) is 31.7 Å². The summed E-state index contributed by atoms with van der Waals surface area (Å²) in [5.74, 6) is 1.32. The van der Waals surface area contributed by atoms with Crippen LogP contribution in [0.15, 0.2) is 48.5 Å². The molecule has 4 atom stereocenters. The van der Waals surface area contributed by atoms with E-state index < -0.39 is 10.0 Å². The fraction of sp³-hybridized carbons (Fsp3) is 0.500. The van der Waals surface area contributed by atoms with E-state index in [4.69, 9.17) is 23.2 Å². The highest BCUT2D eigenvalue weighted by atomic mass is 35.5. The highest BCUT2D eigenvalue weighted by Gasteiger charge is 2.45. The Morgan fingerprint density at radius 3 is 2.45 bits per heavy atom. The van der Waals surface area contributed by atoms with Gasteiger partial charge >= 0.3 is 0 Å². The molecule has 1 saturated carbocycles. The molecule has 1 heterocycles. The molecule has 1 saturated heterocycles. The van der Waals surface area contributed by atoms with Gasteiger partial charge in [0.1, 0.15) is 0 Å². The van der Waals surface area contributed by atoms with E-state index in [1.807, 2.05) is 6.92 Å². The Kier molecular flexibility index (Phi) is 6.99. The zero-order valence-electron chi connectivity index (χ0n) is 18.0. The van der Waals surface area contributed by atoms with Gasteiger partial charge in [-0.25, -0.2) is 8.42 Å². The Morgan fingerprint density at radius 1 is 1.13 bits per heavy atom. The molecule has 2 aliphatic rings. The Balaban J connectivity index is 1.50. The van der Waals surface area contributed by atoms with Gasteiger partial charge in [-0.05, 0) is 47.9 Å². The van der Waals surface area contributed by atoms with Crippen LogP contribution in [0.1, 0.15) is 43.9 Å². The van der Waals surface area contributed by atoms with E-state index in [0.717, 1.165) is 25.4 Å². The van der Waals surface area contributed by atoms with E-state index in [1.165, 1.54) is 12.0 Å². The number of hydrogen-bond acceptors (Lipinski definition) is 3. The fourth-order valence-corrected chi connectivity index (χ4v) is 7.14. The summed E-state index contributed by atoms with van der Waals surface area (Å²) < 4.78 is 28.3. The van der Waals surface area contributed by atoms with Crippen molar-refractivity contribution in [2.45, 2.75) is 44.5 Å². The predicted molar refractivity (Wildman–Crippen MR) is 128 cm³/mol. The molecule has 0 N–H and O–H groups in total. The van der Waals surface area contributed by atoms with Crippen LogP contribution in [0.3, 0.4) is 0 Å². The van der Waals surface area contributed by atoms with Crippen molar-refractivity contribution in [3.63, 3.8) is 0 Å². The van der Waals surface area contributed by atoms with Gasteiger partial charge in [0.05, 0.1) is 15.8 Å². The van der Waals surface area contributed by atoms with Crippen LogP contribution in [-0.4, -0.2) is 43.3 Å². The summed E-state index contributed by atoms with van der Waals surface area (Å²) in [7, 11) is -3.46. The van der Waals surface area contributed by atoms with Crippen molar-refractivity contribution < 1.29 is 8.42 Å². The van der Waals surface area contributed by atoms with Crippen LogP contribution in [0.5, 0.6) is 0 Å². The Bertz CT molecular complexity index is 1020. The number of sulfonamides is 1. The summed E-state index contributed by atoms with van der Waals surface area (Å²) in [4.78, 5) is 2.51. The molecule has 0 spiro atoms. The summed E-state index contributed by atoms with van der Waals surface area (Å²) in [6, 6.07) is 16.1. The lowest BCUT2D eigenvalue weighted by atomic mass is 10.00. The number of halogens is 2. The van der Waals surface area contributed by atoms with Gasteiger partial charge in [-0.3, -0.25) is 4.90 Å². The van der Waals surface area contributed by atoms with Gasteiger partial charge in [0.2, 0.25) is 10.0 Å². The molecule has 2 aromatic carbocycles. The number of hydrogen-bond donors (Lipinski definition) is 0. The standard InChI is InChI=1S/C24H30Cl2N2O2S/c1-3-28(31(29,30)16-18-9-10-22(25)23(26)14-18)20-11-12-27(15-20)24(21-13-17(21)2)19-7-5-4-6-8-19/h4-10,14,17,20-21,24H,3,11-13,15-16H2,1-2H3. The Labute approximate surface area is 196 Å². The second kappa shape index (κ2) is 9.40. The molecule has 4 unspecified atom stereocenters. The quantitative estimate of drug-likeness (QED) is 0.492. The van der Waals surface area contributed by atoms with E-state index in [2.05, 4.69) is 42.2 Å². The van der Waals surface area contributed by atoms with Gasteiger partial charge in [-0.2, -0.15) is 4.31 Å². The zero-order valence-corrected chi connectivity index (χ0v) is 20.4. The summed E-state index contributed by atoms with van der Waals surface area (Å²) in [6.45, 7) is 6.41. The van der Waals surface area contributed by atoms with Crippen LogP contribution in [0.2, 0.25) is 10.0 Å². The molecular weight excluding hydrogens is 451 g/mol. The first-order valence-electron chi connectivity index (χ1n) is 11.0. The molecule has 1 aliphatic heterocycles. The van der Waals surface area contributed by atoms with Crippen LogP contribution in [-0.2, 0) is 15.8 Å². The Hall–Kier alpha value is -1.11. The first kappa shape index (κ1) is 23.1. The molecule has 0 aromatic heterocycles. The minimum absolute atomic E-state index is 0.00181. The van der Waals surface area contributed by atoms with Gasteiger partial charge in [-0.15, -0.1) is 0 Å². The first-order valence-corrected chi connectivity index (χ1v) is 13.4. The van der Waals surface area contributed by atoms with Gasteiger partial charge in [0.15, 0.2) is 0 Å². The molecule has 0 amide bonds. The minimum atomic E-state index is -3.46. The normalized spacial score (nSPS) is 25.1. The molecule has 4 nitrogen and oxygen atoms in total. The maximum absolute atomic E-state index is 13.3. The number of likely N-dealkylation sites (N-methyl/N-ethyl adjacent to an activating group) is 1. The second-order valence-electron chi connectivity index (χ2n) is 8.88. The molecular formula is C24H30Cl2N2O2S. The maximum atomic E-state index is 13.3. The third-order valence-electron chi connectivity index (χ3n) is 6.72. The average molecular weight is 481 g/mol. The largest absolute Gasteiger partial charge is 0.294 e. The number of nitrogens with zero attached hydrogens (tertiary/aromatic N) is 2. The number of likely N-dealkylation sites (tertiary alicyclic amines) is 1. The number of benzene rings is 2. The van der Waals surface area contributed by atoms with E-state index in [9.17, 15) is 8.42 Å². The van der Waals surface area contributed by atoms with Crippen molar-refractivity contribution in [2.24, 2.45) is 11.8 Å². The van der Waals surface area contributed by atoms with Crippen LogP contribution >= 0.6 is 23.2 Å². The lowest BCUT2D eigenvalue weighted by molar-refractivity contribution is 0.200.